The van der Waals surface area contributed by atoms with E-state index in [2.05, 4.69) is 10.6 Å². The van der Waals surface area contributed by atoms with Crippen LogP contribution in [0.4, 0.5) is 0 Å². The summed E-state index contributed by atoms with van der Waals surface area (Å²) in [5.74, 6) is 0.101. The van der Waals surface area contributed by atoms with Crippen molar-refractivity contribution < 1.29 is 28.4 Å². The molecule has 3 N–H and O–H groups in total. The molecule has 1 aromatic heterocycles. The van der Waals surface area contributed by atoms with Gasteiger partial charge < -0.3 is 29.4 Å². The summed E-state index contributed by atoms with van der Waals surface area (Å²) < 4.78 is 16.2. The molecule has 0 unspecified atom stereocenters. The second-order valence-corrected chi connectivity index (χ2v) is 6.54. The van der Waals surface area contributed by atoms with Gasteiger partial charge in [-0.05, 0) is 18.2 Å². The van der Waals surface area contributed by atoms with Crippen molar-refractivity contribution >= 4 is 11.8 Å². The van der Waals surface area contributed by atoms with Crippen LogP contribution < -0.4 is 20.3 Å². The predicted molar refractivity (Wildman–Crippen MR) is 101 cm³/mol. The number of ether oxygens (including phenoxy) is 2. The van der Waals surface area contributed by atoms with Gasteiger partial charge in [-0.1, -0.05) is 18.2 Å². The van der Waals surface area contributed by atoms with E-state index >= 15 is 0 Å². The van der Waals surface area contributed by atoms with Gasteiger partial charge in [-0.2, -0.15) is 0 Å². The summed E-state index contributed by atoms with van der Waals surface area (Å²) in [6.07, 6.45) is 1.62. The first-order valence-corrected chi connectivity index (χ1v) is 9.32. The lowest BCUT2D eigenvalue weighted by molar-refractivity contribution is -0.938. The van der Waals surface area contributed by atoms with E-state index in [0.717, 1.165) is 24.4 Å². The zero-order valence-electron chi connectivity index (χ0n) is 15.9. The van der Waals surface area contributed by atoms with E-state index in [4.69, 9.17) is 13.9 Å². The minimum absolute atomic E-state index is 0.0649. The highest BCUT2D eigenvalue weighted by atomic mass is 16.5. The number of benzene rings is 1. The molecule has 1 aromatic carbocycles. The SMILES string of the molecule is COc1ccccc1CNC(=O)C(=O)NC[C@@H](c1ccco1)[NH+]1CCOCC1. The number of para-hydroxylation sites is 1. The molecule has 0 radical (unpaired) electrons. The van der Waals surface area contributed by atoms with Crippen LogP contribution in [0.25, 0.3) is 0 Å². The average molecular weight is 388 g/mol. The van der Waals surface area contributed by atoms with Crippen LogP contribution in [0.1, 0.15) is 17.4 Å². The Morgan fingerprint density at radius 2 is 1.86 bits per heavy atom. The first-order valence-electron chi connectivity index (χ1n) is 9.32. The molecule has 28 heavy (non-hydrogen) atoms. The van der Waals surface area contributed by atoms with Gasteiger partial charge in [0.1, 0.15) is 18.8 Å². The molecule has 1 atom stereocenters. The molecule has 8 heteroatoms. The Labute approximate surface area is 163 Å². The third kappa shape index (κ3) is 5.11. The largest absolute Gasteiger partial charge is 0.496 e. The van der Waals surface area contributed by atoms with E-state index in [1.807, 2.05) is 30.3 Å². The maximum absolute atomic E-state index is 12.3. The summed E-state index contributed by atoms with van der Waals surface area (Å²) in [6.45, 7) is 3.50. The molecule has 150 valence electrons. The van der Waals surface area contributed by atoms with Crippen LogP contribution in [0, 0.1) is 0 Å². The molecule has 0 saturated carbocycles. The highest BCUT2D eigenvalue weighted by Crippen LogP contribution is 2.16. The zero-order chi connectivity index (χ0) is 19.8. The van der Waals surface area contributed by atoms with Crippen molar-refractivity contribution in [2.75, 3.05) is 40.0 Å². The van der Waals surface area contributed by atoms with Crippen molar-refractivity contribution in [3.8, 4) is 5.75 Å². The van der Waals surface area contributed by atoms with Crippen LogP contribution in [0.15, 0.2) is 47.1 Å². The maximum atomic E-state index is 12.3. The molecule has 2 heterocycles. The van der Waals surface area contributed by atoms with Crippen molar-refractivity contribution in [3.63, 3.8) is 0 Å². The molecule has 2 amide bonds. The fraction of sp³-hybridized carbons (Fsp3) is 0.400. The number of methoxy groups -OCH3 is 1. The Bertz CT molecular complexity index is 772. The standard InChI is InChI=1S/C20H25N3O5/c1-26-17-6-3-2-5-15(17)13-21-19(24)20(25)22-14-16(18-7-4-10-28-18)23-8-11-27-12-9-23/h2-7,10,16H,8-9,11-14H2,1H3,(H,21,24)(H,22,25)/p+1/t16-/m0/s1. The average Bonchev–Trinajstić information content (AvgIpc) is 3.27. The second kappa shape index (κ2) is 9.91. The molecule has 1 aliphatic rings. The van der Waals surface area contributed by atoms with Crippen molar-refractivity contribution in [2.45, 2.75) is 12.6 Å². The molecule has 1 fully saturated rings. The molecule has 1 aliphatic heterocycles. The number of amides is 2. The highest BCUT2D eigenvalue weighted by Gasteiger charge is 2.29. The number of carbonyl (C=O) groups is 2. The lowest BCUT2D eigenvalue weighted by atomic mass is 10.1. The van der Waals surface area contributed by atoms with Gasteiger partial charge in [0.05, 0.1) is 33.1 Å². The Kier molecular flexibility index (Phi) is 7.05. The van der Waals surface area contributed by atoms with Crippen molar-refractivity contribution in [2.24, 2.45) is 0 Å². The van der Waals surface area contributed by atoms with Gasteiger partial charge in [-0.15, -0.1) is 0 Å². The molecule has 1 saturated heterocycles. The second-order valence-electron chi connectivity index (χ2n) is 6.54. The number of carbonyl (C=O) groups excluding carboxylic acids is 2. The predicted octanol–water partition coefficient (Wildman–Crippen LogP) is -0.323. The van der Waals surface area contributed by atoms with Crippen LogP contribution in [0.2, 0.25) is 0 Å². The van der Waals surface area contributed by atoms with E-state index in [9.17, 15) is 9.59 Å². The van der Waals surface area contributed by atoms with Gasteiger partial charge in [-0.3, -0.25) is 9.59 Å². The minimum atomic E-state index is -0.680. The fourth-order valence-corrected chi connectivity index (χ4v) is 3.30. The van der Waals surface area contributed by atoms with E-state index in [1.54, 1.807) is 19.4 Å². The number of rotatable bonds is 7. The number of hydrogen-bond acceptors (Lipinski definition) is 5. The Balaban J connectivity index is 1.54. The third-order valence-electron chi connectivity index (χ3n) is 4.82. The molecule has 3 rings (SSSR count). The highest BCUT2D eigenvalue weighted by molar-refractivity contribution is 6.35. The van der Waals surface area contributed by atoms with Crippen molar-refractivity contribution in [1.29, 1.82) is 0 Å². The Hall–Kier alpha value is -2.84. The quantitative estimate of drug-likeness (QED) is 0.565. The van der Waals surface area contributed by atoms with Gasteiger partial charge in [-0.25, -0.2) is 0 Å². The lowest BCUT2D eigenvalue weighted by Crippen LogP contribution is -3.15. The summed E-state index contributed by atoms with van der Waals surface area (Å²) in [4.78, 5) is 25.7. The van der Waals surface area contributed by atoms with E-state index in [0.29, 0.717) is 25.5 Å². The van der Waals surface area contributed by atoms with Gasteiger partial charge in [0, 0.05) is 12.1 Å². The monoisotopic (exact) mass is 388 g/mol. The summed E-state index contributed by atoms with van der Waals surface area (Å²) in [5.41, 5.74) is 0.803. The summed E-state index contributed by atoms with van der Waals surface area (Å²) >= 11 is 0. The normalized spacial score (nSPS) is 15.6. The summed E-state index contributed by atoms with van der Waals surface area (Å²) in [5, 5.41) is 5.36. The molecule has 0 aliphatic carbocycles. The van der Waals surface area contributed by atoms with Gasteiger partial charge in [0.25, 0.3) is 0 Å². The number of nitrogens with one attached hydrogen (secondary N) is 3. The van der Waals surface area contributed by atoms with Gasteiger partial charge in [0.15, 0.2) is 11.8 Å². The third-order valence-corrected chi connectivity index (χ3v) is 4.82. The first kappa shape index (κ1) is 19.9. The van der Waals surface area contributed by atoms with Crippen LogP contribution in [-0.4, -0.2) is 51.8 Å². The summed E-state index contributed by atoms with van der Waals surface area (Å²) in [6, 6.07) is 11.0. The molecular formula is C20H26N3O5+. The van der Waals surface area contributed by atoms with E-state index < -0.39 is 11.8 Å². The molecule has 8 nitrogen and oxygen atoms in total. The first-order chi connectivity index (χ1) is 13.7. The lowest BCUT2D eigenvalue weighted by Gasteiger charge is -2.30. The van der Waals surface area contributed by atoms with Crippen LogP contribution >= 0.6 is 0 Å². The molecule has 0 bridgehead atoms. The smallest absolute Gasteiger partial charge is 0.309 e. The van der Waals surface area contributed by atoms with E-state index in [-0.39, 0.29) is 12.6 Å². The van der Waals surface area contributed by atoms with Gasteiger partial charge >= 0.3 is 11.8 Å². The number of hydrogen-bond donors (Lipinski definition) is 3. The van der Waals surface area contributed by atoms with Gasteiger partial charge in [0.2, 0.25) is 0 Å². The fourth-order valence-electron chi connectivity index (χ4n) is 3.30. The number of morpholine rings is 1. The maximum Gasteiger partial charge on any atom is 0.309 e. The molecule has 2 aromatic rings. The number of furan rings is 1. The molecule has 0 spiro atoms. The van der Waals surface area contributed by atoms with Crippen LogP contribution in [0.3, 0.4) is 0 Å². The van der Waals surface area contributed by atoms with Crippen molar-refractivity contribution in [1.82, 2.24) is 10.6 Å². The summed E-state index contributed by atoms with van der Waals surface area (Å²) in [7, 11) is 1.57. The van der Waals surface area contributed by atoms with Crippen LogP contribution in [0.5, 0.6) is 5.75 Å². The number of quaternary nitrogens is 1. The zero-order valence-corrected chi connectivity index (χ0v) is 15.9. The molecular weight excluding hydrogens is 362 g/mol. The topological polar surface area (TPSA) is 94.2 Å². The van der Waals surface area contributed by atoms with Crippen molar-refractivity contribution in [3.05, 3.63) is 54.0 Å². The Morgan fingerprint density at radius 3 is 2.57 bits per heavy atom. The Morgan fingerprint density at radius 1 is 1.11 bits per heavy atom. The van der Waals surface area contributed by atoms with Crippen LogP contribution in [-0.2, 0) is 20.9 Å². The van der Waals surface area contributed by atoms with E-state index in [1.165, 1.54) is 4.90 Å². The minimum Gasteiger partial charge on any atom is -0.496 e.